The van der Waals surface area contributed by atoms with Gasteiger partial charge in [-0.1, -0.05) is 44.2 Å². The molecule has 0 aliphatic heterocycles. The van der Waals surface area contributed by atoms with Crippen LogP contribution >= 0.6 is 0 Å². The molecule has 5 heteroatoms. The molecule has 0 atom stereocenters. The zero-order valence-corrected chi connectivity index (χ0v) is 16.3. The lowest BCUT2D eigenvalue weighted by Crippen LogP contribution is -2.26. The van der Waals surface area contributed by atoms with Gasteiger partial charge in [0.05, 0.1) is 11.0 Å². The lowest BCUT2D eigenvalue weighted by Gasteiger charge is -2.14. The number of hydrogen-bond acceptors (Lipinski definition) is 2. The zero-order chi connectivity index (χ0) is 19.4. The minimum Gasteiger partial charge on any atom is -0.326 e. The first-order valence-electron chi connectivity index (χ1n) is 9.69. The molecule has 5 nitrogen and oxygen atoms in total. The number of nitrogens with one attached hydrogen (secondary N) is 1. The van der Waals surface area contributed by atoms with Crippen LogP contribution in [0.15, 0.2) is 47.3 Å². The van der Waals surface area contributed by atoms with Crippen LogP contribution in [0.2, 0.25) is 0 Å². The van der Waals surface area contributed by atoms with Crippen LogP contribution in [0.4, 0.5) is 5.69 Å². The van der Waals surface area contributed by atoms with E-state index in [0.29, 0.717) is 13.1 Å². The fraction of sp³-hybridized carbons (Fsp3) is 0.364. The van der Waals surface area contributed by atoms with E-state index < -0.39 is 0 Å². The first-order chi connectivity index (χ1) is 13.1. The van der Waals surface area contributed by atoms with Crippen molar-refractivity contribution in [3.63, 3.8) is 0 Å². The molecule has 0 radical (unpaired) electrons. The number of anilines is 1. The average Bonchev–Trinajstić information content (AvgIpc) is 2.97. The summed E-state index contributed by atoms with van der Waals surface area (Å²) >= 11 is 0. The number of aromatic nitrogens is 2. The molecule has 0 aliphatic rings. The molecule has 1 aromatic heterocycles. The van der Waals surface area contributed by atoms with Crippen molar-refractivity contribution in [3.8, 4) is 0 Å². The summed E-state index contributed by atoms with van der Waals surface area (Å²) in [6.07, 6.45) is 2.00. The third kappa shape index (κ3) is 3.68. The van der Waals surface area contributed by atoms with Gasteiger partial charge in [-0.15, -0.1) is 0 Å². The van der Waals surface area contributed by atoms with Gasteiger partial charge in [0, 0.05) is 25.2 Å². The fourth-order valence-corrected chi connectivity index (χ4v) is 3.61. The van der Waals surface area contributed by atoms with Gasteiger partial charge in [-0.3, -0.25) is 13.9 Å². The van der Waals surface area contributed by atoms with Crippen molar-refractivity contribution >= 4 is 22.6 Å². The van der Waals surface area contributed by atoms with Crippen LogP contribution in [-0.2, 0) is 30.7 Å². The van der Waals surface area contributed by atoms with Crippen LogP contribution < -0.4 is 11.0 Å². The molecule has 142 valence electrons. The Hall–Kier alpha value is -2.82. The number of benzene rings is 2. The van der Waals surface area contributed by atoms with Gasteiger partial charge in [-0.25, -0.2) is 4.79 Å². The summed E-state index contributed by atoms with van der Waals surface area (Å²) in [5.74, 6) is -0.0640. The highest BCUT2D eigenvalue weighted by molar-refractivity contribution is 5.92. The van der Waals surface area contributed by atoms with Crippen molar-refractivity contribution in [2.75, 3.05) is 5.32 Å². The molecule has 2 aromatic carbocycles. The van der Waals surface area contributed by atoms with E-state index in [1.807, 2.05) is 49.4 Å². The summed E-state index contributed by atoms with van der Waals surface area (Å²) in [7, 11) is 0. The Labute approximate surface area is 159 Å². The summed E-state index contributed by atoms with van der Waals surface area (Å²) in [6, 6.07) is 13.9. The Kier molecular flexibility index (Phi) is 5.79. The normalized spacial score (nSPS) is 11.1. The second-order valence-corrected chi connectivity index (χ2v) is 6.62. The van der Waals surface area contributed by atoms with Crippen molar-refractivity contribution in [3.05, 3.63) is 64.1 Å². The number of aryl methyl sites for hydroxylation is 4. The Balaban J connectivity index is 1.81. The molecule has 0 bridgehead atoms. The van der Waals surface area contributed by atoms with Crippen LogP contribution in [0.1, 0.15) is 38.3 Å². The molecular weight excluding hydrogens is 338 g/mol. The van der Waals surface area contributed by atoms with Crippen LogP contribution in [0.25, 0.3) is 11.0 Å². The number of amides is 1. The molecule has 0 saturated carbocycles. The molecule has 27 heavy (non-hydrogen) atoms. The molecular formula is C22H27N3O2. The minimum absolute atomic E-state index is 0.0605. The quantitative estimate of drug-likeness (QED) is 0.689. The van der Waals surface area contributed by atoms with E-state index in [4.69, 9.17) is 0 Å². The van der Waals surface area contributed by atoms with Gasteiger partial charge in [0.25, 0.3) is 0 Å². The van der Waals surface area contributed by atoms with Crippen molar-refractivity contribution < 1.29 is 4.79 Å². The minimum atomic E-state index is -0.0640. The lowest BCUT2D eigenvalue weighted by atomic mass is 10.0. The van der Waals surface area contributed by atoms with E-state index in [9.17, 15) is 9.59 Å². The molecule has 0 aliphatic carbocycles. The molecule has 0 saturated heterocycles. The van der Waals surface area contributed by atoms with Crippen LogP contribution in [-0.4, -0.2) is 15.0 Å². The zero-order valence-electron chi connectivity index (χ0n) is 16.3. The van der Waals surface area contributed by atoms with Crippen molar-refractivity contribution in [1.29, 1.82) is 0 Å². The van der Waals surface area contributed by atoms with E-state index in [1.165, 1.54) is 0 Å². The lowest BCUT2D eigenvalue weighted by molar-refractivity contribution is -0.116. The Morgan fingerprint density at radius 1 is 0.889 bits per heavy atom. The number of carbonyl (C=O) groups is 1. The number of rotatable bonds is 7. The van der Waals surface area contributed by atoms with Gasteiger partial charge in [0.2, 0.25) is 5.91 Å². The number of fused-ring (bicyclic) bond motifs is 1. The number of hydrogen-bond donors (Lipinski definition) is 1. The van der Waals surface area contributed by atoms with Gasteiger partial charge in [-0.2, -0.15) is 0 Å². The highest BCUT2D eigenvalue weighted by Crippen LogP contribution is 2.23. The predicted molar refractivity (Wildman–Crippen MR) is 110 cm³/mol. The maximum atomic E-state index is 12.7. The first-order valence-corrected chi connectivity index (χ1v) is 9.69. The maximum Gasteiger partial charge on any atom is 0.329 e. The molecule has 0 fully saturated rings. The third-order valence-corrected chi connectivity index (χ3v) is 5.07. The molecule has 3 aromatic rings. The maximum absolute atomic E-state index is 12.7. The SMILES string of the molecule is CCc1cccc(CC)c1NC(=O)CCn1c(=O)n(CC)c2ccccc21. The monoisotopic (exact) mass is 365 g/mol. The number of para-hydroxylation sites is 3. The van der Waals surface area contributed by atoms with Crippen LogP contribution in [0.3, 0.4) is 0 Å². The molecule has 3 rings (SSSR count). The predicted octanol–water partition coefficient (Wildman–Crippen LogP) is 3.98. The van der Waals surface area contributed by atoms with Gasteiger partial charge in [0.1, 0.15) is 0 Å². The smallest absolute Gasteiger partial charge is 0.326 e. The highest BCUT2D eigenvalue weighted by atomic mass is 16.2. The number of carbonyl (C=O) groups excluding carboxylic acids is 1. The van der Waals surface area contributed by atoms with Gasteiger partial charge < -0.3 is 5.32 Å². The summed E-state index contributed by atoms with van der Waals surface area (Å²) in [4.78, 5) is 25.3. The number of imidazole rings is 1. The second kappa shape index (κ2) is 8.25. The van der Waals surface area contributed by atoms with Crippen molar-refractivity contribution in [1.82, 2.24) is 9.13 Å². The summed E-state index contributed by atoms with van der Waals surface area (Å²) in [5.41, 5.74) is 4.94. The topological polar surface area (TPSA) is 56.0 Å². The van der Waals surface area contributed by atoms with E-state index in [2.05, 4.69) is 19.2 Å². The first kappa shape index (κ1) is 19.0. The Morgan fingerprint density at radius 3 is 2.04 bits per heavy atom. The molecule has 1 N–H and O–H groups in total. The fourth-order valence-electron chi connectivity index (χ4n) is 3.61. The molecule has 0 unspecified atom stereocenters. The van der Waals surface area contributed by atoms with Gasteiger partial charge in [-0.05, 0) is 43.0 Å². The Morgan fingerprint density at radius 2 is 1.48 bits per heavy atom. The Bertz CT molecular complexity index is 992. The van der Waals surface area contributed by atoms with E-state index >= 15 is 0 Å². The van der Waals surface area contributed by atoms with E-state index in [0.717, 1.165) is 40.7 Å². The van der Waals surface area contributed by atoms with E-state index in [1.54, 1.807) is 9.13 Å². The van der Waals surface area contributed by atoms with Gasteiger partial charge >= 0.3 is 5.69 Å². The molecule has 1 amide bonds. The third-order valence-electron chi connectivity index (χ3n) is 5.07. The molecule has 1 heterocycles. The van der Waals surface area contributed by atoms with E-state index in [-0.39, 0.29) is 18.0 Å². The molecule has 0 spiro atoms. The average molecular weight is 365 g/mol. The standard InChI is InChI=1S/C22H27N3O2/c1-4-16-10-9-11-17(5-2)21(16)23-20(26)14-15-25-19-13-8-7-12-18(19)24(6-3)22(25)27/h7-13H,4-6,14-15H2,1-3H3,(H,23,26). The summed E-state index contributed by atoms with van der Waals surface area (Å²) < 4.78 is 3.44. The summed E-state index contributed by atoms with van der Waals surface area (Å²) in [5, 5.41) is 3.08. The van der Waals surface area contributed by atoms with Crippen molar-refractivity contribution in [2.24, 2.45) is 0 Å². The van der Waals surface area contributed by atoms with Crippen LogP contribution in [0, 0.1) is 0 Å². The largest absolute Gasteiger partial charge is 0.329 e. The van der Waals surface area contributed by atoms with Crippen LogP contribution in [0.5, 0.6) is 0 Å². The number of nitrogens with zero attached hydrogens (tertiary/aromatic N) is 2. The van der Waals surface area contributed by atoms with Crippen molar-refractivity contribution in [2.45, 2.75) is 53.1 Å². The summed E-state index contributed by atoms with van der Waals surface area (Å²) in [6.45, 7) is 7.11. The highest BCUT2D eigenvalue weighted by Gasteiger charge is 2.14. The second-order valence-electron chi connectivity index (χ2n) is 6.62. The van der Waals surface area contributed by atoms with Gasteiger partial charge in [0.15, 0.2) is 0 Å².